The molecule has 2 aromatic heterocycles. The van der Waals surface area contributed by atoms with Crippen LogP contribution < -0.4 is 10.2 Å². The third-order valence-corrected chi connectivity index (χ3v) is 5.64. The third-order valence-electron chi connectivity index (χ3n) is 4.54. The first kappa shape index (κ1) is 19.2. The molecule has 0 spiro atoms. The van der Waals surface area contributed by atoms with E-state index in [0.717, 1.165) is 27.2 Å². The van der Waals surface area contributed by atoms with E-state index in [1.54, 1.807) is 23.5 Å². The van der Waals surface area contributed by atoms with Gasteiger partial charge in [0.05, 0.1) is 11.9 Å². The van der Waals surface area contributed by atoms with Gasteiger partial charge in [-0.1, -0.05) is 12.1 Å². The first-order valence-electron chi connectivity index (χ1n) is 8.89. The second-order valence-corrected chi connectivity index (χ2v) is 7.68. The number of carbonyl (C=O) groups excluding carboxylic acids is 1. The normalized spacial score (nSPS) is 11.0. The number of amides is 1. The lowest BCUT2D eigenvalue weighted by Gasteiger charge is -2.23. The SMILES string of the molecule is CCN(CC(=O)NCc1ccc(F)cc1)c1nc(C)nc2sc(C)c(C)c12. The van der Waals surface area contributed by atoms with E-state index in [-0.39, 0.29) is 18.3 Å². The van der Waals surface area contributed by atoms with Gasteiger partial charge in [0.1, 0.15) is 22.3 Å². The fourth-order valence-corrected chi connectivity index (χ4v) is 4.00. The van der Waals surface area contributed by atoms with E-state index in [1.165, 1.54) is 17.0 Å². The molecule has 0 aliphatic rings. The number of likely N-dealkylation sites (N-methyl/N-ethyl adjacent to an activating group) is 1. The van der Waals surface area contributed by atoms with Crippen molar-refractivity contribution in [2.45, 2.75) is 34.2 Å². The van der Waals surface area contributed by atoms with Crippen LogP contribution in [0.4, 0.5) is 10.2 Å². The number of anilines is 1. The quantitative estimate of drug-likeness (QED) is 0.698. The summed E-state index contributed by atoms with van der Waals surface area (Å²) < 4.78 is 13.0. The van der Waals surface area contributed by atoms with Gasteiger partial charge in [0.25, 0.3) is 0 Å². The monoisotopic (exact) mass is 386 g/mol. The standard InChI is InChI=1S/C20H23FN4OS/c1-5-25(11-17(26)22-10-15-6-8-16(21)9-7-15)19-18-12(2)13(3)27-20(18)24-14(4)23-19/h6-9H,5,10-11H2,1-4H3,(H,22,26). The van der Waals surface area contributed by atoms with Gasteiger partial charge in [-0.25, -0.2) is 14.4 Å². The van der Waals surface area contributed by atoms with Crippen molar-refractivity contribution < 1.29 is 9.18 Å². The van der Waals surface area contributed by atoms with E-state index >= 15 is 0 Å². The van der Waals surface area contributed by atoms with Crippen molar-refractivity contribution in [1.29, 1.82) is 0 Å². The molecule has 1 aromatic carbocycles. The maximum atomic E-state index is 13.0. The lowest BCUT2D eigenvalue weighted by molar-refractivity contribution is -0.119. The molecule has 1 amide bonds. The second-order valence-electron chi connectivity index (χ2n) is 6.48. The van der Waals surface area contributed by atoms with Crippen LogP contribution in [0.3, 0.4) is 0 Å². The number of benzene rings is 1. The highest BCUT2D eigenvalue weighted by Gasteiger charge is 2.19. The molecule has 0 saturated carbocycles. The number of hydrogen-bond acceptors (Lipinski definition) is 5. The molecule has 2 heterocycles. The summed E-state index contributed by atoms with van der Waals surface area (Å²) in [7, 11) is 0. The number of fused-ring (bicyclic) bond motifs is 1. The maximum Gasteiger partial charge on any atom is 0.239 e. The topological polar surface area (TPSA) is 58.1 Å². The minimum absolute atomic E-state index is 0.102. The Morgan fingerprint density at radius 1 is 1.19 bits per heavy atom. The van der Waals surface area contributed by atoms with Crippen molar-refractivity contribution in [2.75, 3.05) is 18.0 Å². The molecule has 0 bridgehead atoms. The van der Waals surface area contributed by atoms with Gasteiger partial charge < -0.3 is 10.2 Å². The largest absolute Gasteiger partial charge is 0.350 e. The van der Waals surface area contributed by atoms with Gasteiger partial charge in [-0.05, 0) is 51.0 Å². The molecule has 0 atom stereocenters. The zero-order valence-electron chi connectivity index (χ0n) is 16.0. The van der Waals surface area contributed by atoms with E-state index in [4.69, 9.17) is 0 Å². The fraction of sp³-hybridized carbons (Fsp3) is 0.350. The van der Waals surface area contributed by atoms with Gasteiger partial charge in [0.2, 0.25) is 5.91 Å². The van der Waals surface area contributed by atoms with Crippen molar-refractivity contribution in [2.24, 2.45) is 0 Å². The van der Waals surface area contributed by atoms with Crippen LogP contribution in [0.15, 0.2) is 24.3 Å². The highest BCUT2D eigenvalue weighted by atomic mass is 32.1. The summed E-state index contributed by atoms with van der Waals surface area (Å²) in [6.07, 6.45) is 0. The smallest absolute Gasteiger partial charge is 0.239 e. The van der Waals surface area contributed by atoms with Crippen LogP contribution in [0, 0.1) is 26.6 Å². The Hall–Kier alpha value is -2.54. The number of halogens is 1. The van der Waals surface area contributed by atoms with Crippen molar-refractivity contribution >= 4 is 33.3 Å². The summed E-state index contributed by atoms with van der Waals surface area (Å²) in [5.41, 5.74) is 2.02. The van der Waals surface area contributed by atoms with Crippen LogP contribution in [0.25, 0.3) is 10.2 Å². The highest BCUT2D eigenvalue weighted by molar-refractivity contribution is 7.18. The fourth-order valence-electron chi connectivity index (χ4n) is 2.93. The molecule has 3 rings (SSSR count). The van der Waals surface area contributed by atoms with E-state index in [1.807, 2.05) is 18.7 Å². The van der Waals surface area contributed by atoms with E-state index in [2.05, 4.69) is 29.1 Å². The zero-order chi connectivity index (χ0) is 19.6. The molecule has 0 radical (unpaired) electrons. The van der Waals surface area contributed by atoms with E-state index in [0.29, 0.717) is 18.9 Å². The van der Waals surface area contributed by atoms with E-state index < -0.39 is 0 Å². The summed E-state index contributed by atoms with van der Waals surface area (Å²) in [4.78, 5) is 25.8. The summed E-state index contributed by atoms with van der Waals surface area (Å²) >= 11 is 1.65. The van der Waals surface area contributed by atoms with Gasteiger partial charge in [-0.15, -0.1) is 11.3 Å². The Balaban J connectivity index is 1.78. The lowest BCUT2D eigenvalue weighted by Crippen LogP contribution is -2.37. The second kappa shape index (κ2) is 8.00. The average Bonchev–Trinajstić information content (AvgIpc) is 2.92. The number of nitrogens with zero attached hydrogens (tertiary/aromatic N) is 3. The van der Waals surface area contributed by atoms with Gasteiger partial charge in [0.15, 0.2) is 0 Å². The van der Waals surface area contributed by atoms with Crippen LogP contribution in [-0.2, 0) is 11.3 Å². The average molecular weight is 386 g/mol. The number of thiophene rings is 1. The van der Waals surface area contributed by atoms with Gasteiger partial charge >= 0.3 is 0 Å². The predicted octanol–water partition coefficient (Wildman–Crippen LogP) is 3.90. The van der Waals surface area contributed by atoms with E-state index in [9.17, 15) is 9.18 Å². The summed E-state index contributed by atoms with van der Waals surface area (Å²) in [5, 5.41) is 3.92. The van der Waals surface area contributed by atoms with Crippen LogP contribution in [0.1, 0.15) is 28.8 Å². The molecule has 0 aliphatic carbocycles. The Morgan fingerprint density at radius 3 is 2.56 bits per heavy atom. The molecular weight excluding hydrogens is 363 g/mol. The van der Waals surface area contributed by atoms with Crippen molar-refractivity contribution in [1.82, 2.24) is 15.3 Å². The molecule has 7 heteroatoms. The number of aromatic nitrogens is 2. The zero-order valence-corrected chi connectivity index (χ0v) is 16.8. The Labute approximate surface area is 162 Å². The van der Waals surface area contributed by atoms with Gasteiger partial charge in [-0.3, -0.25) is 4.79 Å². The Kier molecular flexibility index (Phi) is 5.70. The van der Waals surface area contributed by atoms with Gasteiger partial charge in [-0.2, -0.15) is 0 Å². The molecule has 3 aromatic rings. The first-order valence-corrected chi connectivity index (χ1v) is 9.71. The first-order chi connectivity index (χ1) is 12.9. The molecule has 0 fully saturated rings. The number of carbonyl (C=O) groups is 1. The molecule has 27 heavy (non-hydrogen) atoms. The van der Waals surface area contributed by atoms with Crippen LogP contribution in [0.2, 0.25) is 0 Å². The lowest BCUT2D eigenvalue weighted by atomic mass is 10.2. The molecule has 5 nitrogen and oxygen atoms in total. The molecule has 1 N–H and O–H groups in total. The highest BCUT2D eigenvalue weighted by Crippen LogP contribution is 2.34. The Morgan fingerprint density at radius 2 is 1.89 bits per heavy atom. The minimum atomic E-state index is -0.285. The van der Waals surface area contributed by atoms with Crippen LogP contribution in [0.5, 0.6) is 0 Å². The molecule has 0 saturated heterocycles. The van der Waals surface area contributed by atoms with Crippen molar-refractivity contribution in [3.63, 3.8) is 0 Å². The van der Waals surface area contributed by atoms with Crippen LogP contribution >= 0.6 is 11.3 Å². The summed E-state index contributed by atoms with van der Waals surface area (Å²) in [6, 6.07) is 6.12. The number of nitrogens with one attached hydrogen (secondary N) is 1. The summed E-state index contributed by atoms with van der Waals surface area (Å²) in [6.45, 7) is 9.25. The third kappa shape index (κ3) is 4.24. The molecule has 0 unspecified atom stereocenters. The number of aryl methyl sites for hydroxylation is 3. The Bertz CT molecular complexity index is 968. The molecule has 142 valence electrons. The number of hydrogen-bond donors (Lipinski definition) is 1. The minimum Gasteiger partial charge on any atom is -0.350 e. The van der Waals surface area contributed by atoms with Crippen LogP contribution in [-0.4, -0.2) is 29.0 Å². The number of rotatable bonds is 6. The molecule has 0 aliphatic heterocycles. The molecular formula is C20H23FN4OS. The van der Waals surface area contributed by atoms with Gasteiger partial charge in [0, 0.05) is 18.0 Å². The summed E-state index contributed by atoms with van der Waals surface area (Å²) in [5.74, 6) is 1.12. The predicted molar refractivity (Wildman–Crippen MR) is 108 cm³/mol. The maximum absolute atomic E-state index is 13.0. The van der Waals surface area contributed by atoms with Crippen molar-refractivity contribution in [3.05, 3.63) is 51.9 Å². The van der Waals surface area contributed by atoms with Crippen molar-refractivity contribution in [3.8, 4) is 0 Å².